The van der Waals surface area contributed by atoms with Crippen LogP contribution in [0.4, 0.5) is 5.82 Å². The Kier molecular flexibility index (Phi) is 3.47. The summed E-state index contributed by atoms with van der Waals surface area (Å²) in [4.78, 5) is 4.32. The summed E-state index contributed by atoms with van der Waals surface area (Å²) < 4.78 is 12.9. The molecule has 1 aromatic heterocycles. The number of pyridine rings is 1. The molecule has 1 aromatic rings. The van der Waals surface area contributed by atoms with Crippen molar-refractivity contribution in [2.75, 3.05) is 12.4 Å². The predicted molar refractivity (Wildman–Crippen MR) is 77.2 cm³/mol. The van der Waals surface area contributed by atoms with Gasteiger partial charge in [-0.2, -0.15) is 0 Å². The first kappa shape index (κ1) is 13.8. The van der Waals surface area contributed by atoms with Crippen molar-refractivity contribution >= 4 is 34.3 Å². The average molecular weight is 313 g/mol. The topological polar surface area (TPSA) is 43.4 Å². The molecule has 0 radical (unpaired) electrons. The van der Waals surface area contributed by atoms with Gasteiger partial charge in [-0.1, -0.05) is 0 Å². The standard InChI is InChI=1S/C12H18BBrN2O2/c1-11(2)12(3,4)18-13(17-11)8-6-9(14)10(15-5)16-7-8/h6-7H,1-5H3,(H,15,16). The van der Waals surface area contributed by atoms with Crippen LogP contribution in [0.15, 0.2) is 16.7 Å². The van der Waals surface area contributed by atoms with E-state index in [-0.39, 0.29) is 18.3 Å². The molecule has 2 rings (SSSR count). The van der Waals surface area contributed by atoms with Gasteiger partial charge in [0.1, 0.15) is 5.82 Å². The number of nitrogens with one attached hydrogen (secondary N) is 1. The SMILES string of the molecule is CNc1ncc(B2OC(C)(C)C(C)(C)O2)cc1Br. The Hall–Kier alpha value is -0.585. The predicted octanol–water partition coefficient (Wildman–Crippen LogP) is 2.18. The summed E-state index contributed by atoms with van der Waals surface area (Å²) in [7, 11) is 1.46. The minimum absolute atomic E-state index is 0.328. The summed E-state index contributed by atoms with van der Waals surface area (Å²) in [6.07, 6.45) is 1.78. The van der Waals surface area contributed by atoms with Crippen LogP contribution in [0.5, 0.6) is 0 Å². The fourth-order valence-corrected chi connectivity index (χ4v) is 2.31. The highest BCUT2D eigenvalue weighted by Crippen LogP contribution is 2.36. The largest absolute Gasteiger partial charge is 0.496 e. The second-order valence-corrected chi connectivity index (χ2v) is 6.29. The number of rotatable bonds is 2. The molecule has 0 aliphatic carbocycles. The Morgan fingerprint density at radius 2 is 1.78 bits per heavy atom. The Bertz CT molecular complexity index is 449. The third kappa shape index (κ3) is 2.29. The van der Waals surface area contributed by atoms with Crippen LogP contribution >= 0.6 is 15.9 Å². The fourth-order valence-electron chi connectivity index (χ4n) is 1.74. The first-order chi connectivity index (χ1) is 8.27. The smallest absolute Gasteiger partial charge is 0.399 e. The third-order valence-corrected chi connectivity index (χ3v) is 4.23. The molecule has 0 bridgehead atoms. The van der Waals surface area contributed by atoms with Crippen LogP contribution in [0, 0.1) is 0 Å². The summed E-state index contributed by atoms with van der Waals surface area (Å²) in [5.41, 5.74) is 0.261. The van der Waals surface area contributed by atoms with Gasteiger partial charge in [0.15, 0.2) is 0 Å². The average Bonchev–Trinajstić information content (AvgIpc) is 2.48. The molecule has 0 spiro atoms. The Balaban J connectivity index is 2.27. The molecule has 0 atom stereocenters. The minimum Gasteiger partial charge on any atom is -0.399 e. The van der Waals surface area contributed by atoms with Crippen LogP contribution < -0.4 is 10.8 Å². The molecule has 1 saturated heterocycles. The number of halogens is 1. The van der Waals surface area contributed by atoms with Gasteiger partial charge in [0, 0.05) is 18.7 Å². The molecule has 6 heteroatoms. The summed E-state index contributed by atoms with van der Waals surface area (Å²) in [6.45, 7) is 8.16. The highest BCUT2D eigenvalue weighted by molar-refractivity contribution is 9.10. The molecule has 18 heavy (non-hydrogen) atoms. The first-order valence-electron chi connectivity index (χ1n) is 5.96. The Morgan fingerprint density at radius 3 is 2.22 bits per heavy atom. The van der Waals surface area contributed by atoms with E-state index in [1.807, 2.05) is 40.8 Å². The molecular weight excluding hydrogens is 295 g/mol. The zero-order chi connectivity index (χ0) is 13.6. The molecule has 2 heterocycles. The molecule has 1 fully saturated rings. The second kappa shape index (κ2) is 4.51. The van der Waals surface area contributed by atoms with E-state index < -0.39 is 0 Å². The van der Waals surface area contributed by atoms with E-state index in [9.17, 15) is 0 Å². The van der Waals surface area contributed by atoms with Crippen LogP contribution in [0.2, 0.25) is 0 Å². The molecule has 0 saturated carbocycles. The molecule has 0 aromatic carbocycles. The summed E-state index contributed by atoms with van der Waals surface area (Å²) in [6, 6.07) is 1.97. The van der Waals surface area contributed by atoms with E-state index in [1.165, 1.54) is 0 Å². The highest BCUT2D eigenvalue weighted by atomic mass is 79.9. The molecule has 0 unspecified atom stereocenters. The van der Waals surface area contributed by atoms with Gasteiger partial charge in [-0.05, 0) is 49.7 Å². The van der Waals surface area contributed by atoms with Crippen LogP contribution in [0.3, 0.4) is 0 Å². The van der Waals surface area contributed by atoms with E-state index in [2.05, 4.69) is 26.2 Å². The van der Waals surface area contributed by atoms with E-state index in [0.29, 0.717) is 0 Å². The number of aromatic nitrogens is 1. The number of nitrogens with zero attached hydrogens (tertiary/aromatic N) is 1. The van der Waals surface area contributed by atoms with E-state index in [0.717, 1.165) is 15.8 Å². The van der Waals surface area contributed by atoms with Crippen LogP contribution in [-0.2, 0) is 9.31 Å². The van der Waals surface area contributed by atoms with Gasteiger partial charge >= 0.3 is 7.12 Å². The molecule has 4 nitrogen and oxygen atoms in total. The van der Waals surface area contributed by atoms with Crippen LogP contribution in [-0.4, -0.2) is 30.4 Å². The molecule has 1 aliphatic heterocycles. The number of hydrogen-bond acceptors (Lipinski definition) is 4. The van der Waals surface area contributed by atoms with E-state index in [1.54, 1.807) is 6.20 Å². The van der Waals surface area contributed by atoms with Gasteiger partial charge in [-0.15, -0.1) is 0 Å². The number of hydrogen-bond donors (Lipinski definition) is 1. The van der Waals surface area contributed by atoms with Gasteiger partial charge in [-0.25, -0.2) is 4.98 Å². The minimum atomic E-state index is -0.371. The van der Waals surface area contributed by atoms with E-state index in [4.69, 9.17) is 9.31 Å². The van der Waals surface area contributed by atoms with Crippen molar-refractivity contribution in [2.45, 2.75) is 38.9 Å². The lowest BCUT2D eigenvalue weighted by Crippen LogP contribution is -2.41. The maximum Gasteiger partial charge on any atom is 0.496 e. The molecule has 1 N–H and O–H groups in total. The first-order valence-corrected chi connectivity index (χ1v) is 6.75. The van der Waals surface area contributed by atoms with Crippen LogP contribution in [0.25, 0.3) is 0 Å². The van der Waals surface area contributed by atoms with Crippen molar-refractivity contribution in [1.29, 1.82) is 0 Å². The molecule has 1 aliphatic rings. The van der Waals surface area contributed by atoms with Crippen LogP contribution in [0.1, 0.15) is 27.7 Å². The van der Waals surface area contributed by atoms with Crippen molar-refractivity contribution in [2.24, 2.45) is 0 Å². The quantitative estimate of drug-likeness (QED) is 0.850. The van der Waals surface area contributed by atoms with Gasteiger partial charge in [0.05, 0.1) is 15.7 Å². The van der Waals surface area contributed by atoms with Crippen molar-refractivity contribution in [3.8, 4) is 0 Å². The van der Waals surface area contributed by atoms with Crippen molar-refractivity contribution in [3.63, 3.8) is 0 Å². The molecule has 98 valence electrons. The normalized spacial score (nSPS) is 21.1. The van der Waals surface area contributed by atoms with Crippen molar-refractivity contribution in [3.05, 3.63) is 16.7 Å². The summed E-state index contributed by atoms with van der Waals surface area (Å²) >= 11 is 3.48. The van der Waals surface area contributed by atoms with Crippen molar-refractivity contribution in [1.82, 2.24) is 4.98 Å². The highest BCUT2D eigenvalue weighted by Gasteiger charge is 2.51. The number of anilines is 1. The van der Waals surface area contributed by atoms with Gasteiger partial charge in [0.2, 0.25) is 0 Å². The van der Waals surface area contributed by atoms with Gasteiger partial charge in [0.25, 0.3) is 0 Å². The maximum atomic E-state index is 5.98. The maximum absolute atomic E-state index is 5.98. The molecule has 0 amide bonds. The lowest BCUT2D eigenvalue weighted by Gasteiger charge is -2.32. The van der Waals surface area contributed by atoms with Crippen molar-refractivity contribution < 1.29 is 9.31 Å². The lowest BCUT2D eigenvalue weighted by molar-refractivity contribution is 0.00578. The zero-order valence-corrected chi connectivity index (χ0v) is 13.0. The van der Waals surface area contributed by atoms with Gasteiger partial charge in [-0.3, -0.25) is 0 Å². The third-order valence-electron chi connectivity index (χ3n) is 3.62. The lowest BCUT2D eigenvalue weighted by atomic mass is 9.80. The zero-order valence-electron chi connectivity index (χ0n) is 11.4. The second-order valence-electron chi connectivity index (χ2n) is 5.44. The monoisotopic (exact) mass is 312 g/mol. The fraction of sp³-hybridized carbons (Fsp3) is 0.583. The summed E-state index contributed by atoms with van der Waals surface area (Å²) in [5, 5.41) is 3.01. The Morgan fingerprint density at radius 1 is 1.22 bits per heavy atom. The van der Waals surface area contributed by atoms with Gasteiger partial charge < -0.3 is 14.6 Å². The molecular formula is C12H18BBrN2O2. The Labute approximate surface area is 117 Å². The summed E-state index contributed by atoms with van der Waals surface area (Å²) in [5.74, 6) is 0.801. The van der Waals surface area contributed by atoms with E-state index >= 15 is 0 Å².